The zero-order valence-electron chi connectivity index (χ0n) is 14.9. The van der Waals surface area contributed by atoms with Crippen LogP contribution in [0.1, 0.15) is 15.9 Å². The van der Waals surface area contributed by atoms with Crippen molar-refractivity contribution in [3.63, 3.8) is 0 Å². The molecule has 6 nitrogen and oxygen atoms in total. The van der Waals surface area contributed by atoms with Crippen molar-refractivity contribution < 1.29 is 9.53 Å². The van der Waals surface area contributed by atoms with Gasteiger partial charge >= 0.3 is 0 Å². The molecule has 1 amide bonds. The number of aromatic nitrogens is 2. The Labute approximate surface area is 160 Å². The summed E-state index contributed by atoms with van der Waals surface area (Å²) in [6.45, 7) is 0.218. The lowest BCUT2D eigenvalue weighted by atomic mass is 10.1. The predicted octanol–water partition coefficient (Wildman–Crippen LogP) is 3.65. The first kappa shape index (κ1) is 17.5. The van der Waals surface area contributed by atoms with E-state index in [-0.39, 0.29) is 18.0 Å². The molecule has 138 valence electrons. The molecule has 2 heterocycles. The minimum Gasteiger partial charge on any atom is -0.439 e. The minimum absolute atomic E-state index is 0.218. The predicted molar refractivity (Wildman–Crippen MR) is 106 cm³/mol. The van der Waals surface area contributed by atoms with Gasteiger partial charge in [-0.2, -0.15) is 0 Å². The fraction of sp³-hybridized carbons (Fsp3) is 0.0455. The summed E-state index contributed by atoms with van der Waals surface area (Å²) in [5.74, 6) is 0.746. The van der Waals surface area contributed by atoms with Crippen LogP contribution in [0.15, 0.2) is 83.8 Å². The zero-order chi connectivity index (χ0) is 19.3. The molecular formula is C22H17N3O3. The number of nitrogens with one attached hydrogen (secondary N) is 2. The molecule has 0 unspecified atom stereocenters. The quantitative estimate of drug-likeness (QED) is 0.561. The van der Waals surface area contributed by atoms with E-state index in [1.165, 1.54) is 6.07 Å². The molecule has 0 aliphatic rings. The number of benzene rings is 2. The molecule has 4 rings (SSSR count). The Balaban J connectivity index is 1.56. The van der Waals surface area contributed by atoms with Gasteiger partial charge in [0.2, 0.25) is 11.4 Å². The fourth-order valence-electron chi connectivity index (χ4n) is 2.91. The molecule has 0 radical (unpaired) electrons. The first-order valence-electron chi connectivity index (χ1n) is 8.78. The van der Waals surface area contributed by atoms with E-state index in [4.69, 9.17) is 4.74 Å². The Bertz CT molecular complexity index is 1190. The van der Waals surface area contributed by atoms with Crippen molar-refractivity contribution >= 4 is 16.8 Å². The van der Waals surface area contributed by atoms with Crippen LogP contribution >= 0.6 is 0 Å². The molecule has 2 aromatic heterocycles. The van der Waals surface area contributed by atoms with Gasteiger partial charge in [0.15, 0.2) is 0 Å². The Morgan fingerprint density at radius 3 is 2.64 bits per heavy atom. The summed E-state index contributed by atoms with van der Waals surface area (Å²) in [4.78, 5) is 31.6. The number of para-hydroxylation sites is 2. The normalized spacial score (nSPS) is 10.6. The number of ether oxygens (including phenoxy) is 1. The van der Waals surface area contributed by atoms with Gasteiger partial charge in [0.05, 0.1) is 5.56 Å². The Morgan fingerprint density at radius 2 is 1.79 bits per heavy atom. The highest BCUT2D eigenvalue weighted by atomic mass is 16.5. The number of amides is 1. The molecule has 0 aliphatic heterocycles. The maximum Gasteiger partial charge on any atom is 0.252 e. The second-order valence-electron chi connectivity index (χ2n) is 6.16. The van der Waals surface area contributed by atoms with Crippen molar-refractivity contribution in [2.75, 3.05) is 0 Å². The summed E-state index contributed by atoms with van der Waals surface area (Å²) < 4.78 is 5.82. The van der Waals surface area contributed by atoms with Crippen molar-refractivity contribution in [1.29, 1.82) is 0 Å². The van der Waals surface area contributed by atoms with Gasteiger partial charge in [-0.15, -0.1) is 0 Å². The van der Waals surface area contributed by atoms with Crippen molar-refractivity contribution in [1.82, 2.24) is 15.3 Å². The van der Waals surface area contributed by atoms with Gasteiger partial charge in [-0.25, -0.2) is 4.98 Å². The zero-order valence-corrected chi connectivity index (χ0v) is 14.9. The number of H-pyrrole nitrogens is 1. The van der Waals surface area contributed by atoms with Gasteiger partial charge in [0, 0.05) is 35.3 Å². The number of hydrogen-bond donors (Lipinski definition) is 2. The van der Waals surface area contributed by atoms with Crippen LogP contribution in [0.3, 0.4) is 0 Å². The first-order chi connectivity index (χ1) is 13.7. The number of fused-ring (bicyclic) bond motifs is 1. The fourth-order valence-corrected chi connectivity index (χ4v) is 2.91. The summed E-state index contributed by atoms with van der Waals surface area (Å²) in [6, 6.07) is 21.4. The average molecular weight is 371 g/mol. The van der Waals surface area contributed by atoms with E-state index in [9.17, 15) is 9.59 Å². The van der Waals surface area contributed by atoms with E-state index in [1.807, 2.05) is 48.5 Å². The number of nitrogens with zero attached hydrogens (tertiary/aromatic N) is 1. The van der Waals surface area contributed by atoms with Crippen molar-refractivity contribution in [2.24, 2.45) is 0 Å². The number of hydrogen-bond acceptors (Lipinski definition) is 4. The number of pyridine rings is 2. The van der Waals surface area contributed by atoms with Crippen LogP contribution in [0.25, 0.3) is 10.9 Å². The van der Waals surface area contributed by atoms with E-state index in [2.05, 4.69) is 15.3 Å². The number of carbonyl (C=O) groups is 1. The second-order valence-corrected chi connectivity index (χ2v) is 6.16. The lowest BCUT2D eigenvalue weighted by Crippen LogP contribution is -2.25. The molecule has 0 aliphatic carbocycles. The van der Waals surface area contributed by atoms with Crippen LogP contribution in [-0.4, -0.2) is 15.9 Å². The van der Waals surface area contributed by atoms with Gasteiger partial charge in [0.25, 0.3) is 5.91 Å². The maximum absolute atomic E-state index is 12.7. The molecule has 4 aromatic rings. The van der Waals surface area contributed by atoms with E-state index in [1.54, 1.807) is 24.4 Å². The lowest BCUT2D eigenvalue weighted by molar-refractivity contribution is 0.0952. The summed E-state index contributed by atoms with van der Waals surface area (Å²) in [6.07, 6.45) is 1.63. The summed E-state index contributed by atoms with van der Waals surface area (Å²) in [5, 5.41) is 3.54. The molecule has 0 saturated heterocycles. The minimum atomic E-state index is -0.336. The smallest absolute Gasteiger partial charge is 0.252 e. The van der Waals surface area contributed by atoms with Gasteiger partial charge in [0.1, 0.15) is 5.75 Å². The van der Waals surface area contributed by atoms with Crippen molar-refractivity contribution in [3.8, 4) is 11.6 Å². The summed E-state index contributed by atoms with van der Waals surface area (Å²) in [5.41, 5.74) is 1.36. The third-order valence-corrected chi connectivity index (χ3v) is 4.24. The van der Waals surface area contributed by atoms with E-state index in [0.717, 1.165) is 5.56 Å². The lowest BCUT2D eigenvalue weighted by Gasteiger charge is -2.11. The molecule has 0 atom stereocenters. The van der Waals surface area contributed by atoms with Gasteiger partial charge in [-0.3, -0.25) is 9.59 Å². The van der Waals surface area contributed by atoms with Gasteiger partial charge < -0.3 is 15.0 Å². The third kappa shape index (κ3) is 3.76. The molecule has 6 heteroatoms. The highest BCUT2D eigenvalue weighted by Crippen LogP contribution is 2.22. The van der Waals surface area contributed by atoms with Crippen LogP contribution in [-0.2, 0) is 6.54 Å². The Kier molecular flexibility index (Phi) is 4.84. The van der Waals surface area contributed by atoms with Crippen LogP contribution in [0.5, 0.6) is 11.6 Å². The van der Waals surface area contributed by atoms with Crippen LogP contribution in [0.2, 0.25) is 0 Å². The van der Waals surface area contributed by atoms with Crippen molar-refractivity contribution in [2.45, 2.75) is 6.54 Å². The SMILES string of the molecule is O=C(NCc1cccnc1Oc1ccccc1)c1cc(=O)[nH]c2ccccc12. The molecular weight excluding hydrogens is 354 g/mol. The number of carbonyl (C=O) groups excluding carboxylic acids is 1. The summed E-state index contributed by atoms with van der Waals surface area (Å²) >= 11 is 0. The standard InChI is InChI=1S/C22H17N3O3/c26-20-13-18(17-10-4-5-11-19(17)25-20)21(27)24-14-15-7-6-12-23-22(15)28-16-8-2-1-3-9-16/h1-13H,14H2,(H,24,27)(H,25,26). The molecule has 2 aromatic carbocycles. The molecule has 2 N–H and O–H groups in total. The van der Waals surface area contributed by atoms with Crippen LogP contribution < -0.4 is 15.6 Å². The average Bonchev–Trinajstić information content (AvgIpc) is 2.73. The number of rotatable bonds is 5. The Morgan fingerprint density at radius 1 is 1.00 bits per heavy atom. The van der Waals surface area contributed by atoms with Crippen molar-refractivity contribution in [3.05, 3.63) is 100 Å². The van der Waals surface area contributed by atoms with E-state index in [0.29, 0.717) is 28.1 Å². The number of aromatic amines is 1. The van der Waals surface area contributed by atoms with Crippen LogP contribution in [0, 0.1) is 0 Å². The monoisotopic (exact) mass is 371 g/mol. The molecule has 0 spiro atoms. The highest BCUT2D eigenvalue weighted by molar-refractivity contribution is 6.05. The summed E-state index contributed by atoms with van der Waals surface area (Å²) in [7, 11) is 0. The molecule has 0 bridgehead atoms. The third-order valence-electron chi connectivity index (χ3n) is 4.24. The molecule has 0 saturated carbocycles. The topological polar surface area (TPSA) is 84.1 Å². The molecule has 0 fully saturated rings. The van der Waals surface area contributed by atoms with Crippen LogP contribution in [0.4, 0.5) is 0 Å². The van der Waals surface area contributed by atoms with Gasteiger partial charge in [-0.1, -0.05) is 42.5 Å². The second kappa shape index (κ2) is 7.75. The maximum atomic E-state index is 12.7. The molecule has 28 heavy (non-hydrogen) atoms. The largest absolute Gasteiger partial charge is 0.439 e. The highest BCUT2D eigenvalue weighted by Gasteiger charge is 2.13. The first-order valence-corrected chi connectivity index (χ1v) is 8.78. The van der Waals surface area contributed by atoms with Gasteiger partial charge in [-0.05, 0) is 24.3 Å². The van der Waals surface area contributed by atoms with E-state index < -0.39 is 0 Å². The van der Waals surface area contributed by atoms with E-state index >= 15 is 0 Å². The Hall–Kier alpha value is -3.93.